The molecule has 5 aromatic rings. The van der Waals surface area contributed by atoms with Crippen molar-refractivity contribution >= 4 is 38.4 Å². The molecule has 3 N–H and O–H groups in total. The number of nitrogens with zero attached hydrogens (tertiary/aromatic N) is 2. The van der Waals surface area contributed by atoms with E-state index in [9.17, 15) is 18.0 Å². The van der Waals surface area contributed by atoms with E-state index in [0.717, 1.165) is 16.5 Å². The second-order valence-electron chi connectivity index (χ2n) is 8.81. The van der Waals surface area contributed by atoms with Crippen molar-refractivity contribution in [3.63, 3.8) is 0 Å². The van der Waals surface area contributed by atoms with Crippen molar-refractivity contribution < 1.29 is 22.7 Å². The zero-order valence-electron chi connectivity index (χ0n) is 20.1. The summed E-state index contributed by atoms with van der Waals surface area (Å²) in [5.41, 5.74) is 9.57. The maximum atomic E-state index is 14.0. The summed E-state index contributed by atoms with van der Waals surface area (Å²) in [6.07, 6.45) is -1.02. The van der Waals surface area contributed by atoms with Gasteiger partial charge in [-0.05, 0) is 73.0 Å². The molecule has 0 aliphatic rings. The molecule has 2 aromatic heterocycles. The number of carbonyl (C=O) groups is 1. The van der Waals surface area contributed by atoms with Crippen molar-refractivity contribution in [1.82, 2.24) is 14.8 Å². The first-order chi connectivity index (χ1) is 18.2. The number of H-pyrrole nitrogens is 1. The summed E-state index contributed by atoms with van der Waals surface area (Å²) in [4.78, 5) is 16.4. The number of hydrogen-bond acceptors (Lipinski definition) is 4. The highest BCUT2D eigenvalue weighted by Crippen LogP contribution is 2.31. The van der Waals surface area contributed by atoms with Gasteiger partial charge in [0.15, 0.2) is 11.6 Å². The lowest BCUT2D eigenvalue weighted by Crippen LogP contribution is -2.07. The van der Waals surface area contributed by atoms with Crippen LogP contribution in [0, 0.1) is 12.7 Å². The number of ketones is 1. The van der Waals surface area contributed by atoms with E-state index in [-0.39, 0.29) is 35.8 Å². The van der Waals surface area contributed by atoms with Crippen LogP contribution in [0.4, 0.5) is 19.0 Å². The molecule has 0 aliphatic heterocycles. The lowest BCUT2D eigenvalue weighted by molar-refractivity contribution is 0.103. The number of aromatic nitrogens is 3. The van der Waals surface area contributed by atoms with Gasteiger partial charge < -0.3 is 15.5 Å². The van der Waals surface area contributed by atoms with Gasteiger partial charge in [0.1, 0.15) is 11.6 Å². The summed E-state index contributed by atoms with van der Waals surface area (Å²) < 4.78 is 47.1. The first kappa shape index (κ1) is 25.6. The Balaban J connectivity index is 1.40. The Morgan fingerprint density at radius 2 is 1.92 bits per heavy atom. The standard InChI is InChI=1S/C28H22BrF3N4O2/c1-15-10-18(7-8-24(15)38-25-5-3-2-4-21(25)30)36-28(33)19(14-34-36)27(37)23-12-17-11-16(6-9-26(31)32)20(29)13-22(17)35-23/h2-5,7-8,10-14,26,35H,6,9,33H2,1H3. The number of nitrogen functional groups attached to an aromatic ring is 1. The monoisotopic (exact) mass is 582 g/mol. The SMILES string of the molecule is Cc1cc(-n2ncc(C(=O)c3cc4cc(CCC(F)F)c(Br)cc4[nH]3)c2N)ccc1Oc1ccccc1F. The zero-order valence-corrected chi connectivity index (χ0v) is 21.7. The van der Waals surface area contributed by atoms with Crippen LogP contribution in [-0.2, 0) is 6.42 Å². The van der Waals surface area contributed by atoms with Gasteiger partial charge in [0.05, 0.1) is 23.1 Å². The van der Waals surface area contributed by atoms with Crippen LogP contribution in [0.3, 0.4) is 0 Å². The Hall–Kier alpha value is -4.05. The van der Waals surface area contributed by atoms with Gasteiger partial charge in [0, 0.05) is 21.8 Å². The summed E-state index contributed by atoms with van der Waals surface area (Å²) >= 11 is 3.42. The van der Waals surface area contributed by atoms with Gasteiger partial charge in [-0.15, -0.1) is 0 Å². The lowest BCUT2D eigenvalue weighted by Gasteiger charge is -2.12. The molecule has 0 fully saturated rings. The third-order valence-electron chi connectivity index (χ3n) is 6.17. The van der Waals surface area contributed by atoms with E-state index >= 15 is 0 Å². The number of halogens is 4. The minimum absolute atomic E-state index is 0.112. The summed E-state index contributed by atoms with van der Waals surface area (Å²) in [5.74, 6) is -0.0930. The molecule has 0 saturated carbocycles. The maximum absolute atomic E-state index is 14.0. The lowest BCUT2D eigenvalue weighted by atomic mass is 10.1. The van der Waals surface area contributed by atoms with E-state index in [2.05, 4.69) is 26.0 Å². The number of benzene rings is 3. The average Bonchev–Trinajstić information content (AvgIpc) is 3.47. The third-order valence-corrected chi connectivity index (χ3v) is 6.91. The average molecular weight is 583 g/mol. The van der Waals surface area contributed by atoms with Gasteiger partial charge in [0.25, 0.3) is 0 Å². The Bertz CT molecular complexity index is 1660. The molecule has 2 heterocycles. The van der Waals surface area contributed by atoms with E-state index in [1.807, 2.05) is 6.92 Å². The van der Waals surface area contributed by atoms with Crippen molar-refractivity contribution in [2.75, 3.05) is 5.73 Å². The molecule has 10 heteroatoms. The van der Waals surface area contributed by atoms with Crippen LogP contribution in [0.15, 0.2) is 71.3 Å². The molecule has 5 rings (SSSR count). The summed E-state index contributed by atoms with van der Waals surface area (Å²) in [6.45, 7) is 1.81. The zero-order chi connectivity index (χ0) is 27.0. The highest BCUT2D eigenvalue weighted by Gasteiger charge is 2.21. The Morgan fingerprint density at radius 1 is 1.13 bits per heavy atom. The minimum Gasteiger partial charge on any atom is -0.454 e. The molecular formula is C28H22BrF3N4O2. The van der Waals surface area contributed by atoms with Crippen LogP contribution in [-0.4, -0.2) is 27.0 Å². The summed E-state index contributed by atoms with van der Waals surface area (Å²) in [6, 6.07) is 16.5. The van der Waals surface area contributed by atoms with Crippen molar-refractivity contribution in [3.05, 3.63) is 99.5 Å². The number of fused-ring (bicyclic) bond motifs is 1. The number of alkyl halides is 2. The van der Waals surface area contributed by atoms with Crippen molar-refractivity contribution in [3.8, 4) is 17.2 Å². The fourth-order valence-corrected chi connectivity index (χ4v) is 4.73. The number of rotatable bonds is 8. The fraction of sp³-hybridized carbons (Fsp3) is 0.143. The molecule has 0 spiro atoms. The van der Waals surface area contributed by atoms with Gasteiger partial charge in [-0.3, -0.25) is 4.79 Å². The molecule has 3 aromatic carbocycles. The maximum Gasteiger partial charge on any atom is 0.239 e. The van der Waals surface area contributed by atoms with Crippen LogP contribution >= 0.6 is 15.9 Å². The second kappa shape index (κ2) is 10.4. The van der Waals surface area contributed by atoms with Crippen molar-refractivity contribution in [2.45, 2.75) is 26.2 Å². The number of aryl methyl sites for hydroxylation is 2. The number of anilines is 1. The predicted molar refractivity (Wildman–Crippen MR) is 143 cm³/mol. The number of para-hydroxylation sites is 1. The second-order valence-corrected chi connectivity index (χ2v) is 9.66. The number of hydrogen-bond donors (Lipinski definition) is 2. The smallest absolute Gasteiger partial charge is 0.239 e. The first-order valence-electron chi connectivity index (χ1n) is 11.7. The van der Waals surface area contributed by atoms with Gasteiger partial charge in [-0.2, -0.15) is 5.10 Å². The van der Waals surface area contributed by atoms with Gasteiger partial charge in [-0.1, -0.05) is 28.1 Å². The largest absolute Gasteiger partial charge is 0.454 e. The molecule has 0 saturated heterocycles. The van der Waals surface area contributed by atoms with E-state index in [1.165, 1.54) is 16.9 Å². The third kappa shape index (κ3) is 5.04. The molecule has 194 valence electrons. The molecule has 0 bridgehead atoms. The first-order valence-corrected chi connectivity index (χ1v) is 12.5. The fourth-order valence-electron chi connectivity index (χ4n) is 4.19. The topological polar surface area (TPSA) is 85.9 Å². The van der Waals surface area contributed by atoms with Crippen LogP contribution in [0.5, 0.6) is 11.5 Å². The number of ether oxygens (including phenoxy) is 1. The van der Waals surface area contributed by atoms with Gasteiger partial charge in [-0.25, -0.2) is 17.9 Å². The molecule has 0 unspecified atom stereocenters. The highest BCUT2D eigenvalue weighted by molar-refractivity contribution is 9.10. The van der Waals surface area contributed by atoms with Crippen molar-refractivity contribution in [2.24, 2.45) is 0 Å². The molecule has 0 radical (unpaired) electrons. The van der Waals surface area contributed by atoms with Gasteiger partial charge >= 0.3 is 0 Å². The predicted octanol–water partition coefficient (Wildman–Crippen LogP) is 7.37. The molecule has 0 atom stereocenters. The molecule has 0 aliphatic carbocycles. The number of nitrogens with two attached hydrogens (primary N) is 1. The molecule has 6 nitrogen and oxygen atoms in total. The number of carbonyl (C=O) groups excluding carboxylic acids is 1. The Morgan fingerprint density at radius 3 is 2.66 bits per heavy atom. The van der Waals surface area contributed by atoms with Crippen LogP contribution in [0.1, 0.15) is 33.6 Å². The van der Waals surface area contributed by atoms with Crippen LogP contribution in [0.25, 0.3) is 16.6 Å². The quantitative estimate of drug-likeness (QED) is 0.187. The summed E-state index contributed by atoms with van der Waals surface area (Å²) in [5, 5.41) is 5.03. The highest BCUT2D eigenvalue weighted by atomic mass is 79.9. The van der Waals surface area contributed by atoms with E-state index < -0.39 is 12.2 Å². The van der Waals surface area contributed by atoms with Gasteiger partial charge in [0.2, 0.25) is 12.2 Å². The van der Waals surface area contributed by atoms with Crippen LogP contribution < -0.4 is 10.5 Å². The molecule has 0 amide bonds. The van der Waals surface area contributed by atoms with Crippen molar-refractivity contribution in [1.29, 1.82) is 0 Å². The normalized spacial score (nSPS) is 11.4. The number of nitrogens with one attached hydrogen (secondary N) is 1. The summed E-state index contributed by atoms with van der Waals surface area (Å²) in [7, 11) is 0. The number of aromatic amines is 1. The minimum atomic E-state index is -2.39. The van der Waals surface area contributed by atoms with E-state index in [0.29, 0.717) is 27.1 Å². The van der Waals surface area contributed by atoms with Crippen LogP contribution in [0.2, 0.25) is 0 Å². The Kier molecular flexibility index (Phi) is 6.98. The molecular weight excluding hydrogens is 561 g/mol. The molecule has 38 heavy (non-hydrogen) atoms. The van der Waals surface area contributed by atoms with E-state index in [1.54, 1.807) is 54.6 Å². The Labute approximate surface area is 224 Å². The van der Waals surface area contributed by atoms with E-state index in [4.69, 9.17) is 10.5 Å².